The lowest BCUT2D eigenvalue weighted by Crippen LogP contribution is -2.47. The first-order valence-electron chi connectivity index (χ1n) is 9.19. The number of benzene rings is 2. The lowest BCUT2D eigenvalue weighted by molar-refractivity contribution is 0.402. The molecule has 1 aliphatic rings. The van der Waals surface area contributed by atoms with E-state index in [1.807, 2.05) is 6.92 Å². The maximum atomic E-state index is 13.2. The van der Waals surface area contributed by atoms with E-state index in [1.54, 1.807) is 12.1 Å². The SMILES string of the molecule is Cc1nc(Nc2ccc(F)cc2)nc(C2(C)NCCc3ccccc32)c1C.Cl. The van der Waals surface area contributed by atoms with E-state index in [2.05, 4.69) is 53.7 Å². The fourth-order valence-electron chi connectivity index (χ4n) is 3.81. The van der Waals surface area contributed by atoms with Crippen molar-refractivity contribution < 1.29 is 4.39 Å². The second-order valence-corrected chi connectivity index (χ2v) is 7.20. The van der Waals surface area contributed by atoms with Crippen LogP contribution in [0.5, 0.6) is 0 Å². The van der Waals surface area contributed by atoms with Crippen LogP contribution in [0.25, 0.3) is 0 Å². The van der Waals surface area contributed by atoms with Gasteiger partial charge in [-0.3, -0.25) is 0 Å². The Morgan fingerprint density at radius 2 is 1.75 bits per heavy atom. The summed E-state index contributed by atoms with van der Waals surface area (Å²) in [5, 5.41) is 6.87. The Labute approximate surface area is 171 Å². The van der Waals surface area contributed by atoms with Gasteiger partial charge < -0.3 is 10.6 Å². The highest BCUT2D eigenvalue weighted by atomic mass is 35.5. The van der Waals surface area contributed by atoms with E-state index in [1.165, 1.54) is 23.3 Å². The fraction of sp³-hybridized carbons (Fsp3) is 0.273. The number of rotatable bonds is 3. The zero-order valence-electron chi connectivity index (χ0n) is 16.2. The number of aromatic nitrogens is 2. The molecule has 1 aromatic heterocycles. The summed E-state index contributed by atoms with van der Waals surface area (Å²) in [4.78, 5) is 9.46. The van der Waals surface area contributed by atoms with Crippen LogP contribution >= 0.6 is 12.4 Å². The molecule has 6 heteroatoms. The number of hydrogen-bond donors (Lipinski definition) is 2. The summed E-state index contributed by atoms with van der Waals surface area (Å²) in [6.45, 7) is 7.14. The summed E-state index contributed by atoms with van der Waals surface area (Å²) in [6.07, 6.45) is 1.01. The predicted molar refractivity (Wildman–Crippen MR) is 113 cm³/mol. The largest absolute Gasteiger partial charge is 0.324 e. The van der Waals surface area contributed by atoms with Gasteiger partial charge in [0.25, 0.3) is 0 Å². The van der Waals surface area contributed by atoms with Crippen molar-refractivity contribution in [1.29, 1.82) is 0 Å². The molecule has 1 atom stereocenters. The zero-order valence-corrected chi connectivity index (χ0v) is 17.0. The Hall–Kier alpha value is -2.50. The summed E-state index contributed by atoms with van der Waals surface area (Å²) in [7, 11) is 0. The van der Waals surface area contributed by atoms with Crippen molar-refractivity contribution in [3.05, 3.63) is 82.4 Å². The second-order valence-electron chi connectivity index (χ2n) is 7.20. The van der Waals surface area contributed by atoms with Crippen molar-refractivity contribution >= 4 is 24.0 Å². The molecule has 1 aliphatic heterocycles. The van der Waals surface area contributed by atoms with Crippen LogP contribution in [0.3, 0.4) is 0 Å². The van der Waals surface area contributed by atoms with Crippen LogP contribution in [0.2, 0.25) is 0 Å². The third-order valence-electron chi connectivity index (χ3n) is 5.39. The van der Waals surface area contributed by atoms with E-state index >= 15 is 0 Å². The maximum Gasteiger partial charge on any atom is 0.227 e. The predicted octanol–water partition coefficient (Wildman–Crippen LogP) is 4.81. The van der Waals surface area contributed by atoms with Crippen LogP contribution in [0, 0.1) is 19.7 Å². The van der Waals surface area contributed by atoms with Gasteiger partial charge in [0.15, 0.2) is 0 Å². The molecule has 0 bridgehead atoms. The molecule has 0 radical (unpaired) electrons. The van der Waals surface area contributed by atoms with Gasteiger partial charge in [-0.05, 0) is 68.1 Å². The first-order chi connectivity index (χ1) is 13.0. The first kappa shape index (κ1) is 20.2. The molecule has 0 fully saturated rings. The lowest BCUT2D eigenvalue weighted by atomic mass is 9.80. The third kappa shape index (κ3) is 3.60. The Bertz CT molecular complexity index is 990. The lowest BCUT2D eigenvalue weighted by Gasteiger charge is -2.38. The minimum atomic E-state index is -0.383. The molecule has 28 heavy (non-hydrogen) atoms. The van der Waals surface area contributed by atoms with E-state index < -0.39 is 0 Å². The van der Waals surface area contributed by atoms with E-state index in [0.29, 0.717) is 5.95 Å². The summed E-state index contributed by atoms with van der Waals surface area (Å²) < 4.78 is 13.2. The highest BCUT2D eigenvalue weighted by Gasteiger charge is 2.36. The van der Waals surface area contributed by atoms with E-state index in [0.717, 1.165) is 35.6 Å². The highest BCUT2D eigenvalue weighted by Crippen LogP contribution is 2.36. The second kappa shape index (κ2) is 7.86. The molecule has 0 spiro atoms. The van der Waals surface area contributed by atoms with Gasteiger partial charge in [-0.15, -0.1) is 12.4 Å². The van der Waals surface area contributed by atoms with Gasteiger partial charge in [0.2, 0.25) is 5.95 Å². The summed E-state index contributed by atoms with van der Waals surface area (Å²) in [5.41, 5.74) is 5.94. The van der Waals surface area contributed by atoms with Crippen molar-refractivity contribution in [2.24, 2.45) is 0 Å². The standard InChI is InChI=1S/C22H23FN4.ClH/c1-14-15(2)25-21(26-18-10-8-17(23)9-11-18)27-20(14)22(3)19-7-5-4-6-16(19)12-13-24-22;/h4-11,24H,12-13H2,1-3H3,(H,25,26,27);1H. The van der Waals surface area contributed by atoms with Crippen LogP contribution in [0.15, 0.2) is 48.5 Å². The molecule has 3 aromatic rings. The molecular formula is C22H24ClFN4. The van der Waals surface area contributed by atoms with Gasteiger partial charge in [-0.25, -0.2) is 14.4 Å². The molecule has 2 aromatic carbocycles. The van der Waals surface area contributed by atoms with Gasteiger partial charge in [-0.2, -0.15) is 0 Å². The number of halogens is 2. The monoisotopic (exact) mass is 398 g/mol. The third-order valence-corrected chi connectivity index (χ3v) is 5.39. The molecule has 2 N–H and O–H groups in total. The Kier molecular flexibility index (Phi) is 5.68. The van der Waals surface area contributed by atoms with E-state index in [9.17, 15) is 4.39 Å². The number of fused-ring (bicyclic) bond motifs is 1. The summed E-state index contributed by atoms with van der Waals surface area (Å²) in [5.74, 6) is 0.253. The van der Waals surface area contributed by atoms with Crippen LogP contribution in [0.1, 0.15) is 35.0 Å². The molecule has 0 amide bonds. The van der Waals surface area contributed by atoms with Crippen LogP contribution < -0.4 is 10.6 Å². The van der Waals surface area contributed by atoms with Gasteiger partial charge in [-0.1, -0.05) is 24.3 Å². The quantitative estimate of drug-likeness (QED) is 0.664. The normalized spacial score (nSPS) is 18.1. The van der Waals surface area contributed by atoms with Crippen LogP contribution in [0.4, 0.5) is 16.0 Å². The van der Waals surface area contributed by atoms with E-state index in [-0.39, 0.29) is 23.8 Å². The maximum absolute atomic E-state index is 13.2. The Morgan fingerprint density at radius 3 is 2.50 bits per heavy atom. The Balaban J connectivity index is 0.00000225. The molecule has 4 nitrogen and oxygen atoms in total. The zero-order chi connectivity index (χ0) is 19.0. The van der Waals surface area contributed by atoms with Crippen molar-refractivity contribution in [3.63, 3.8) is 0 Å². The molecule has 1 unspecified atom stereocenters. The van der Waals surface area contributed by atoms with Crippen molar-refractivity contribution in [1.82, 2.24) is 15.3 Å². The molecule has 146 valence electrons. The average molecular weight is 399 g/mol. The van der Waals surface area contributed by atoms with Crippen molar-refractivity contribution in [3.8, 4) is 0 Å². The molecule has 0 saturated carbocycles. The Morgan fingerprint density at radius 1 is 1.04 bits per heavy atom. The minimum Gasteiger partial charge on any atom is -0.324 e. The number of anilines is 2. The van der Waals surface area contributed by atoms with Crippen molar-refractivity contribution in [2.75, 3.05) is 11.9 Å². The average Bonchev–Trinajstić information content (AvgIpc) is 2.67. The topological polar surface area (TPSA) is 49.8 Å². The fourth-order valence-corrected chi connectivity index (χ4v) is 3.81. The number of nitrogens with zero attached hydrogens (tertiary/aromatic N) is 2. The molecule has 2 heterocycles. The summed E-state index contributed by atoms with van der Waals surface area (Å²) >= 11 is 0. The van der Waals surface area contributed by atoms with Gasteiger partial charge in [0.1, 0.15) is 5.82 Å². The number of hydrogen-bond acceptors (Lipinski definition) is 4. The van der Waals surface area contributed by atoms with Crippen LogP contribution in [-0.2, 0) is 12.0 Å². The number of aryl methyl sites for hydroxylation is 1. The van der Waals surface area contributed by atoms with E-state index in [4.69, 9.17) is 4.98 Å². The summed E-state index contributed by atoms with van der Waals surface area (Å²) in [6, 6.07) is 14.7. The highest BCUT2D eigenvalue weighted by molar-refractivity contribution is 5.85. The van der Waals surface area contributed by atoms with Gasteiger partial charge in [0, 0.05) is 17.9 Å². The van der Waals surface area contributed by atoms with Crippen molar-refractivity contribution in [2.45, 2.75) is 32.7 Å². The van der Waals surface area contributed by atoms with Crippen LogP contribution in [-0.4, -0.2) is 16.5 Å². The van der Waals surface area contributed by atoms with Gasteiger partial charge in [0.05, 0.1) is 11.2 Å². The molecule has 0 aliphatic carbocycles. The minimum absolute atomic E-state index is 0. The number of nitrogens with one attached hydrogen (secondary N) is 2. The first-order valence-corrected chi connectivity index (χ1v) is 9.19. The smallest absolute Gasteiger partial charge is 0.227 e. The molecule has 4 rings (SSSR count). The van der Waals surface area contributed by atoms with Gasteiger partial charge >= 0.3 is 0 Å². The molecule has 0 saturated heterocycles. The molecular weight excluding hydrogens is 375 g/mol.